The van der Waals surface area contributed by atoms with Crippen LogP contribution in [0, 0.1) is 0 Å². The first kappa shape index (κ1) is 14.2. The van der Waals surface area contributed by atoms with Crippen molar-refractivity contribution in [3.05, 3.63) is 48.2 Å². The first-order chi connectivity index (χ1) is 10.7. The fourth-order valence-corrected chi connectivity index (χ4v) is 2.47. The number of carbonyl (C=O) groups is 1. The topological polar surface area (TPSA) is 71.9 Å². The van der Waals surface area contributed by atoms with Crippen LogP contribution in [0.2, 0.25) is 0 Å². The lowest BCUT2D eigenvalue weighted by Gasteiger charge is -2.05. The predicted molar refractivity (Wildman–Crippen MR) is 84.1 cm³/mol. The molecule has 0 spiro atoms. The van der Waals surface area contributed by atoms with Gasteiger partial charge in [-0.15, -0.1) is 0 Å². The average molecular weight is 298 g/mol. The highest BCUT2D eigenvalue weighted by atomic mass is 16.5. The van der Waals surface area contributed by atoms with Crippen molar-refractivity contribution in [2.45, 2.75) is 6.42 Å². The van der Waals surface area contributed by atoms with Gasteiger partial charge < -0.3 is 19.6 Å². The molecule has 3 rings (SSSR count). The van der Waals surface area contributed by atoms with Gasteiger partial charge >= 0.3 is 0 Å². The Morgan fingerprint density at radius 2 is 2.32 bits per heavy atom. The van der Waals surface area contributed by atoms with Crippen LogP contribution in [-0.2, 0) is 13.5 Å². The summed E-state index contributed by atoms with van der Waals surface area (Å²) in [6.07, 6.45) is 6.07. The van der Waals surface area contributed by atoms with Gasteiger partial charge in [-0.05, 0) is 30.2 Å². The van der Waals surface area contributed by atoms with Gasteiger partial charge in [0.05, 0.1) is 7.11 Å². The lowest BCUT2D eigenvalue weighted by molar-refractivity contribution is 0.0940. The molecule has 0 saturated heterocycles. The summed E-state index contributed by atoms with van der Waals surface area (Å²) in [6.45, 7) is 0.551. The molecule has 2 heterocycles. The lowest BCUT2D eigenvalue weighted by atomic mass is 10.1. The Morgan fingerprint density at radius 1 is 1.45 bits per heavy atom. The highest BCUT2D eigenvalue weighted by Gasteiger charge is 2.10. The fourth-order valence-electron chi connectivity index (χ4n) is 2.47. The van der Waals surface area contributed by atoms with Crippen molar-refractivity contribution >= 4 is 16.8 Å². The van der Waals surface area contributed by atoms with Crippen molar-refractivity contribution in [2.24, 2.45) is 7.05 Å². The number of rotatable bonds is 5. The van der Waals surface area contributed by atoms with E-state index in [0.717, 1.165) is 28.6 Å². The minimum absolute atomic E-state index is 0.162. The number of fused-ring (bicyclic) bond motifs is 1. The number of hydrogen-bond donors (Lipinski definition) is 2. The number of methoxy groups -OCH3 is 1. The summed E-state index contributed by atoms with van der Waals surface area (Å²) in [5, 5.41) is 4.01. The third-order valence-electron chi connectivity index (χ3n) is 3.68. The summed E-state index contributed by atoms with van der Waals surface area (Å²) in [4.78, 5) is 19.3. The van der Waals surface area contributed by atoms with Crippen LogP contribution in [0.4, 0.5) is 0 Å². The number of imidazole rings is 1. The number of carbonyl (C=O) groups excluding carboxylic acids is 1. The van der Waals surface area contributed by atoms with Gasteiger partial charge in [0.2, 0.25) is 0 Å². The SMILES string of the molecule is COc1ccc2[nH]cc(CCNC(=O)c3nccn3C)c2c1. The molecule has 2 N–H and O–H groups in total. The van der Waals surface area contributed by atoms with E-state index in [4.69, 9.17) is 4.74 Å². The second-order valence-electron chi connectivity index (χ2n) is 5.09. The van der Waals surface area contributed by atoms with Crippen LogP contribution in [0.5, 0.6) is 5.75 Å². The quantitative estimate of drug-likeness (QED) is 0.755. The normalized spacial score (nSPS) is 10.8. The van der Waals surface area contributed by atoms with Gasteiger partial charge in [0.25, 0.3) is 5.91 Å². The monoisotopic (exact) mass is 298 g/mol. The summed E-state index contributed by atoms with van der Waals surface area (Å²) in [5.41, 5.74) is 2.21. The van der Waals surface area contributed by atoms with E-state index in [-0.39, 0.29) is 5.91 Å². The fraction of sp³-hybridized carbons (Fsp3) is 0.250. The summed E-state index contributed by atoms with van der Waals surface area (Å²) in [6, 6.07) is 5.91. The van der Waals surface area contributed by atoms with Crippen molar-refractivity contribution < 1.29 is 9.53 Å². The number of nitrogens with one attached hydrogen (secondary N) is 2. The number of aryl methyl sites for hydroxylation is 1. The molecule has 0 saturated carbocycles. The van der Waals surface area contributed by atoms with E-state index >= 15 is 0 Å². The molecule has 0 aliphatic carbocycles. The Hall–Kier alpha value is -2.76. The van der Waals surface area contributed by atoms with Gasteiger partial charge in [0.1, 0.15) is 5.75 Å². The first-order valence-electron chi connectivity index (χ1n) is 7.08. The largest absolute Gasteiger partial charge is 0.497 e. The molecule has 0 fully saturated rings. The third kappa shape index (κ3) is 2.67. The van der Waals surface area contributed by atoms with Gasteiger partial charge in [-0.1, -0.05) is 0 Å². The van der Waals surface area contributed by atoms with E-state index in [1.54, 1.807) is 31.1 Å². The first-order valence-corrected chi connectivity index (χ1v) is 7.08. The summed E-state index contributed by atoms with van der Waals surface area (Å²) >= 11 is 0. The zero-order chi connectivity index (χ0) is 15.5. The molecular weight excluding hydrogens is 280 g/mol. The standard InChI is InChI=1S/C16H18N4O2/c1-20-8-7-17-15(20)16(21)18-6-5-11-10-19-14-4-3-12(22-2)9-13(11)14/h3-4,7-10,19H,5-6H2,1-2H3,(H,18,21). The van der Waals surface area contributed by atoms with E-state index in [0.29, 0.717) is 12.4 Å². The van der Waals surface area contributed by atoms with E-state index in [1.165, 1.54) is 0 Å². The highest BCUT2D eigenvalue weighted by Crippen LogP contribution is 2.23. The van der Waals surface area contributed by atoms with Crippen LogP contribution in [-0.4, -0.2) is 34.1 Å². The molecule has 6 nitrogen and oxygen atoms in total. The minimum Gasteiger partial charge on any atom is -0.497 e. The zero-order valence-corrected chi connectivity index (χ0v) is 12.6. The average Bonchev–Trinajstić information content (AvgIpc) is 3.13. The molecule has 6 heteroatoms. The summed E-state index contributed by atoms with van der Waals surface area (Å²) < 4.78 is 6.96. The van der Waals surface area contributed by atoms with Crippen molar-refractivity contribution in [3.8, 4) is 5.75 Å². The molecule has 0 aliphatic rings. The van der Waals surface area contributed by atoms with E-state index in [9.17, 15) is 4.79 Å². The highest BCUT2D eigenvalue weighted by molar-refractivity contribution is 5.90. The number of amides is 1. The third-order valence-corrected chi connectivity index (χ3v) is 3.68. The number of benzene rings is 1. The van der Waals surface area contributed by atoms with E-state index in [1.807, 2.05) is 24.4 Å². The Balaban J connectivity index is 1.67. The van der Waals surface area contributed by atoms with Crippen LogP contribution < -0.4 is 10.1 Å². The maximum Gasteiger partial charge on any atom is 0.287 e. The second-order valence-corrected chi connectivity index (χ2v) is 5.09. The molecule has 1 aromatic carbocycles. The molecule has 3 aromatic rings. The molecular formula is C16H18N4O2. The van der Waals surface area contributed by atoms with Gasteiger partial charge in [0.15, 0.2) is 5.82 Å². The Bertz CT molecular complexity index is 803. The molecule has 0 unspecified atom stereocenters. The maximum absolute atomic E-state index is 12.0. The van der Waals surface area contributed by atoms with Gasteiger partial charge in [0, 0.05) is 43.1 Å². The van der Waals surface area contributed by atoms with Crippen molar-refractivity contribution in [3.63, 3.8) is 0 Å². The molecule has 0 bridgehead atoms. The van der Waals surface area contributed by atoms with Crippen molar-refractivity contribution in [1.82, 2.24) is 19.9 Å². The van der Waals surface area contributed by atoms with Crippen molar-refractivity contribution in [2.75, 3.05) is 13.7 Å². The van der Waals surface area contributed by atoms with Crippen LogP contribution in [0.1, 0.15) is 16.2 Å². The molecule has 0 atom stereocenters. The molecule has 0 aliphatic heterocycles. The van der Waals surface area contributed by atoms with E-state index < -0.39 is 0 Å². The zero-order valence-electron chi connectivity index (χ0n) is 12.6. The van der Waals surface area contributed by atoms with Crippen molar-refractivity contribution in [1.29, 1.82) is 0 Å². The van der Waals surface area contributed by atoms with Crippen LogP contribution in [0.3, 0.4) is 0 Å². The van der Waals surface area contributed by atoms with Crippen LogP contribution in [0.25, 0.3) is 10.9 Å². The van der Waals surface area contributed by atoms with Gasteiger partial charge in [-0.3, -0.25) is 4.79 Å². The molecule has 1 amide bonds. The Labute approximate surface area is 128 Å². The molecule has 0 radical (unpaired) electrons. The van der Waals surface area contributed by atoms with Gasteiger partial charge in [-0.2, -0.15) is 0 Å². The summed E-state index contributed by atoms with van der Waals surface area (Å²) in [5.74, 6) is 1.08. The molecule has 2 aromatic heterocycles. The Morgan fingerprint density at radius 3 is 3.05 bits per heavy atom. The smallest absolute Gasteiger partial charge is 0.287 e. The number of H-pyrrole nitrogens is 1. The van der Waals surface area contributed by atoms with Gasteiger partial charge in [-0.25, -0.2) is 4.98 Å². The van der Waals surface area contributed by atoms with Crippen LogP contribution >= 0.6 is 0 Å². The lowest BCUT2D eigenvalue weighted by Crippen LogP contribution is -2.28. The molecule has 22 heavy (non-hydrogen) atoms. The number of nitrogens with zero attached hydrogens (tertiary/aromatic N) is 2. The summed E-state index contributed by atoms with van der Waals surface area (Å²) in [7, 11) is 3.45. The number of hydrogen-bond acceptors (Lipinski definition) is 3. The number of aromatic amines is 1. The predicted octanol–water partition coefficient (Wildman–Crippen LogP) is 1.88. The van der Waals surface area contributed by atoms with E-state index in [2.05, 4.69) is 15.3 Å². The minimum atomic E-state index is -0.162. The number of ether oxygens (including phenoxy) is 1. The van der Waals surface area contributed by atoms with Crippen LogP contribution in [0.15, 0.2) is 36.8 Å². The Kier molecular flexibility index (Phi) is 3.82. The maximum atomic E-state index is 12.0. The molecule has 114 valence electrons. The number of aromatic nitrogens is 3. The second kappa shape index (κ2) is 5.93.